The van der Waals surface area contributed by atoms with E-state index in [1.165, 1.54) is 0 Å². The summed E-state index contributed by atoms with van der Waals surface area (Å²) in [4.78, 5) is 2.33. The molecule has 5 nitrogen and oxygen atoms in total. The molecule has 0 bridgehead atoms. The summed E-state index contributed by atoms with van der Waals surface area (Å²) >= 11 is 1.63. The molecule has 0 radical (unpaired) electrons. The molecule has 0 aromatic carbocycles. The van der Waals surface area contributed by atoms with E-state index in [9.17, 15) is 5.11 Å². The van der Waals surface area contributed by atoms with E-state index in [1.807, 2.05) is 0 Å². The fourth-order valence-electron chi connectivity index (χ4n) is 1.89. The van der Waals surface area contributed by atoms with Crippen molar-refractivity contribution in [1.29, 1.82) is 0 Å². The lowest BCUT2D eigenvalue weighted by Crippen LogP contribution is -2.35. The van der Waals surface area contributed by atoms with Gasteiger partial charge >= 0.3 is 0 Å². The first-order valence-corrected chi connectivity index (χ1v) is 7.06. The first-order valence-electron chi connectivity index (χ1n) is 6.24. The predicted molar refractivity (Wildman–Crippen MR) is 69.2 cm³/mol. The van der Waals surface area contributed by atoms with Gasteiger partial charge in [0.05, 0.1) is 12.6 Å². The van der Waals surface area contributed by atoms with E-state index < -0.39 is 0 Å². The second-order valence-electron chi connectivity index (χ2n) is 4.44. The molecule has 1 aromatic heterocycles. The molecule has 0 aliphatic carbocycles. The number of aliphatic hydroxyl groups excluding tert-OH is 1. The molecule has 2 heterocycles. The van der Waals surface area contributed by atoms with Crippen LogP contribution in [-0.2, 0) is 6.54 Å². The molecule has 96 valence electrons. The number of nitrogens with zero attached hydrogens (tertiary/aromatic N) is 3. The summed E-state index contributed by atoms with van der Waals surface area (Å²) in [6.45, 7) is 5.85. The minimum atomic E-state index is -0.109. The van der Waals surface area contributed by atoms with Gasteiger partial charge in [0.1, 0.15) is 5.01 Å². The zero-order valence-corrected chi connectivity index (χ0v) is 11.0. The summed E-state index contributed by atoms with van der Waals surface area (Å²) in [5.41, 5.74) is 0. The minimum absolute atomic E-state index is 0.109. The first kappa shape index (κ1) is 12.7. The average molecular weight is 256 g/mol. The van der Waals surface area contributed by atoms with E-state index in [0.29, 0.717) is 0 Å². The van der Waals surface area contributed by atoms with Gasteiger partial charge in [-0.05, 0) is 19.3 Å². The molecule has 1 saturated heterocycles. The average Bonchev–Trinajstić information content (AvgIpc) is 2.77. The number of rotatable bonds is 5. The molecule has 1 aliphatic heterocycles. The van der Waals surface area contributed by atoms with Gasteiger partial charge in [0.15, 0.2) is 0 Å². The number of nitrogens with one attached hydrogen (secondary N) is 1. The van der Waals surface area contributed by atoms with Crippen LogP contribution in [0.2, 0.25) is 0 Å². The van der Waals surface area contributed by atoms with Gasteiger partial charge in [-0.15, -0.1) is 10.2 Å². The smallest absolute Gasteiger partial charge is 0.205 e. The first-order chi connectivity index (χ1) is 8.28. The van der Waals surface area contributed by atoms with E-state index in [0.717, 1.165) is 55.6 Å². The van der Waals surface area contributed by atoms with Gasteiger partial charge < -0.3 is 10.4 Å². The highest BCUT2D eigenvalue weighted by Crippen LogP contribution is 2.19. The van der Waals surface area contributed by atoms with Gasteiger partial charge in [0, 0.05) is 19.6 Å². The molecule has 0 atom stereocenters. The van der Waals surface area contributed by atoms with Gasteiger partial charge in [-0.3, -0.25) is 4.90 Å². The molecule has 2 N–H and O–H groups in total. The molecule has 6 heteroatoms. The molecule has 1 fully saturated rings. The standard InChI is InChI=1S/C11H20N4OS/c1-2-5-12-11-14-13-10(17-11)8-15-6-3-9(16)4-7-15/h9,16H,2-8H2,1H3,(H,12,14). The van der Waals surface area contributed by atoms with E-state index >= 15 is 0 Å². The van der Waals surface area contributed by atoms with Crippen LogP contribution in [0.4, 0.5) is 5.13 Å². The number of anilines is 1. The van der Waals surface area contributed by atoms with Crippen molar-refractivity contribution >= 4 is 16.5 Å². The highest BCUT2D eigenvalue weighted by molar-refractivity contribution is 7.15. The maximum atomic E-state index is 9.43. The zero-order valence-electron chi connectivity index (χ0n) is 10.2. The number of hydrogen-bond donors (Lipinski definition) is 2. The number of hydrogen-bond acceptors (Lipinski definition) is 6. The number of likely N-dealkylation sites (tertiary alicyclic amines) is 1. The largest absolute Gasteiger partial charge is 0.393 e. The molecule has 1 aromatic rings. The quantitative estimate of drug-likeness (QED) is 0.832. The molecule has 0 saturated carbocycles. The minimum Gasteiger partial charge on any atom is -0.393 e. The Kier molecular flexibility index (Phi) is 4.70. The van der Waals surface area contributed by atoms with Crippen LogP contribution in [-0.4, -0.2) is 45.9 Å². The third-order valence-corrected chi connectivity index (χ3v) is 3.77. The van der Waals surface area contributed by atoms with E-state index in [-0.39, 0.29) is 6.10 Å². The van der Waals surface area contributed by atoms with Gasteiger partial charge in [-0.25, -0.2) is 0 Å². The van der Waals surface area contributed by atoms with Gasteiger partial charge in [0.25, 0.3) is 0 Å². The second-order valence-corrected chi connectivity index (χ2v) is 5.50. The number of aromatic nitrogens is 2. The predicted octanol–water partition coefficient (Wildman–Crippen LogP) is 1.32. The lowest BCUT2D eigenvalue weighted by atomic mass is 10.1. The topological polar surface area (TPSA) is 61.3 Å². The van der Waals surface area contributed by atoms with Crippen LogP contribution >= 0.6 is 11.3 Å². The number of piperidine rings is 1. The van der Waals surface area contributed by atoms with Crippen LogP contribution in [0.15, 0.2) is 0 Å². The molecule has 0 amide bonds. The van der Waals surface area contributed by atoms with Gasteiger partial charge in [-0.1, -0.05) is 18.3 Å². The summed E-state index contributed by atoms with van der Waals surface area (Å²) < 4.78 is 0. The van der Waals surface area contributed by atoms with Gasteiger partial charge in [0.2, 0.25) is 5.13 Å². The fourth-order valence-corrected chi connectivity index (χ4v) is 2.70. The SMILES string of the molecule is CCCNc1nnc(CN2CCC(O)CC2)s1. The Balaban J connectivity index is 1.80. The van der Waals surface area contributed by atoms with E-state index in [4.69, 9.17) is 0 Å². The molecular weight excluding hydrogens is 236 g/mol. The Hall–Kier alpha value is -0.720. The van der Waals surface area contributed by atoms with Crippen molar-refractivity contribution in [3.8, 4) is 0 Å². The van der Waals surface area contributed by atoms with Crippen LogP contribution in [0.3, 0.4) is 0 Å². The summed E-state index contributed by atoms with van der Waals surface area (Å²) in [7, 11) is 0. The zero-order chi connectivity index (χ0) is 12.1. The van der Waals surface area contributed by atoms with E-state index in [2.05, 4.69) is 27.3 Å². The van der Waals surface area contributed by atoms with Crippen molar-refractivity contribution < 1.29 is 5.11 Å². The summed E-state index contributed by atoms with van der Waals surface area (Å²) in [6, 6.07) is 0. The Morgan fingerprint density at radius 2 is 2.18 bits per heavy atom. The summed E-state index contributed by atoms with van der Waals surface area (Å²) in [5.74, 6) is 0. The monoisotopic (exact) mass is 256 g/mol. The maximum absolute atomic E-state index is 9.43. The van der Waals surface area contributed by atoms with E-state index in [1.54, 1.807) is 11.3 Å². The van der Waals surface area contributed by atoms with Crippen LogP contribution in [0, 0.1) is 0 Å². The van der Waals surface area contributed by atoms with Gasteiger partial charge in [-0.2, -0.15) is 0 Å². The third kappa shape index (κ3) is 3.90. The highest BCUT2D eigenvalue weighted by Gasteiger charge is 2.18. The third-order valence-electron chi connectivity index (χ3n) is 2.91. The van der Waals surface area contributed by atoms with Crippen molar-refractivity contribution in [2.75, 3.05) is 25.0 Å². The van der Waals surface area contributed by atoms with Crippen LogP contribution < -0.4 is 5.32 Å². The summed E-state index contributed by atoms with van der Waals surface area (Å²) in [6.07, 6.45) is 2.74. The van der Waals surface area contributed by atoms with Crippen molar-refractivity contribution in [2.24, 2.45) is 0 Å². The Morgan fingerprint density at radius 1 is 1.41 bits per heavy atom. The summed E-state index contributed by atoms with van der Waals surface area (Å²) in [5, 5.41) is 22.9. The Morgan fingerprint density at radius 3 is 2.88 bits per heavy atom. The molecule has 2 rings (SSSR count). The van der Waals surface area contributed by atoms with Crippen molar-refractivity contribution in [1.82, 2.24) is 15.1 Å². The van der Waals surface area contributed by atoms with Crippen molar-refractivity contribution in [2.45, 2.75) is 38.8 Å². The lowest BCUT2D eigenvalue weighted by molar-refractivity contribution is 0.0791. The Bertz CT molecular complexity index is 336. The van der Waals surface area contributed by atoms with Crippen molar-refractivity contribution in [3.63, 3.8) is 0 Å². The second kappa shape index (κ2) is 6.28. The fraction of sp³-hybridized carbons (Fsp3) is 0.818. The maximum Gasteiger partial charge on any atom is 0.205 e. The number of aliphatic hydroxyl groups is 1. The molecule has 0 spiro atoms. The normalized spacial score (nSPS) is 18.5. The Labute approximate surface area is 106 Å². The van der Waals surface area contributed by atoms with Crippen LogP contribution in [0.25, 0.3) is 0 Å². The van der Waals surface area contributed by atoms with Crippen LogP contribution in [0.1, 0.15) is 31.2 Å². The van der Waals surface area contributed by atoms with Crippen molar-refractivity contribution in [3.05, 3.63) is 5.01 Å². The molecular formula is C11H20N4OS. The molecule has 17 heavy (non-hydrogen) atoms. The highest BCUT2D eigenvalue weighted by atomic mass is 32.1. The lowest BCUT2D eigenvalue weighted by Gasteiger charge is -2.28. The molecule has 0 unspecified atom stereocenters. The molecule has 1 aliphatic rings. The van der Waals surface area contributed by atoms with Crippen LogP contribution in [0.5, 0.6) is 0 Å².